The summed E-state index contributed by atoms with van der Waals surface area (Å²) in [7, 11) is 2.17. The Morgan fingerprint density at radius 3 is 1.60 bits per heavy atom. The van der Waals surface area contributed by atoms with E-state index in [-0.39, 0.29) is 0 Å². The zero-order valence-corrected chi connectivity index (χ0v) is 22.0. The van der Waals surface area contributed by atoms with Crippen molar-refractivity contribution in [1.29, 1.82) is 0 Å². The fourth-order valence-corrected chi connectivity index (χ4v) is 6.97. The zero-order chi connectivity index (χ0) is 26.4. The minimum Gasteiger partial charge on any atom is -0.344 e. The molecule has 40 heavy (non-hydrogen) atoms. The van der Waals surface area contributed by atoms with Crippen molar-refractivity contribution in [1.82, 2.24) is 13.7 Å². The van der Waals surface area contributed by atoms with Crippen molar-refractivity contribution in [2.75, 3.05) is 0 Å². The molecule has 9 aromatic rings. The average molecular weight is 512 g/mol. The summed E-state index contributed by atoms with van der Waals surface area (Å²) in [6.07, 6.45) is 0. The van der Waals surface area contributed by atoms with E-state index >= 15 is 0 Å². The number of benzene rings is 6. The van der Waals surface area contributed by atoms with Crippen molar-refractivity contribution in [3.63, 3.8) is 0 Å². The van der Waals surface area contributed by atoms with Crippen LogP contribution in [0.2, 0.25) is 0 Å². The van der Waals surface area contributed by atoms with Gasteiger partial charge >= 0.3 is 0 Å². The van der Waals surface area contributed by atoms with E-state index in [1.807, 2.05) is 0 Å². The largest absolute Gasteiger partial charge is 0.344 e. The maximum atomic E-state index is 2.51. The van der Waals surface area contributed by atoms with Crippen LogP contribution in [0.15, 0.2) is 133 Å². The Morgan fingerprint density at radius 2 is 0.900 bits per heavy atom. The second-order valence-electron chi connectivity index (χ2n) is 10.6. The van der Waals surface area contributed by atoms with Gasteiger partial charge in [0.15, 0.2) is 0 Å². The number of hydrogen-bond acceptors (Lipinski definition) is 0. The first kappa shape index (κ1) is 21.6. The fourth-order valence-electron chi connectivity index (χ4n) is 6.97. The SMILES string of the molecule is Cn1c2ccccc2c2c(-n3c4ccccc4c4ccc5c6ccccc6n(-c6ccccc6)c5c43)cccc21. The number of nitrogens with zero attached hydrogens (tertiary/aromatic N) is 3. The molecule has 0 amide bonds. The molecule has 3 heteroatoms. The number of aromatic nitrogens is 3. The molecule has 3 nitrogen and oxygen atoms in total. The lowest BCUT2D eigenvalue weighted by molar-refractivity contribution is 1.01. The van der Waals surface area contributed by atoms with Crippen molar-refractivity contribution >= 4 is 65.4 Å². The van der Waals surface area contributed by atoms with Gasteiger partial charge in [0, 0.05) is 50.6 Å². The third-order valence-electron chi connectivity index (χ3n) is 8.64. The Labute approximate surface area is 230 Å². The number of fused-ring (bicyclic) bond motifs is 10. The molecule has 0 bridgehead atoms. The van der Waals surface area contributed by atoms with Crippen LogP contribution in [0.4, 0.5) is 0 Å². The molecule has 0 spiro atoms. The van der Waals surface area contributed by atoms with Crippen LogP contribution in [0.25, 0.3) is 76.8 Å². The van der Waals surface area contributed by atoms with Gasteiger partial charge in [-0.2, -0.15) is 0 Å². The van der Waals surface area contributed by atoms with Crippen LogP contribution in [0.5, 0.6) is 0 Å². The van der Waals surface area contributed by atoms with Gasteiger partial charge in [-0.1, -0.05) is 91.0 Å². The minimum absolute atomic E-state index is 1.17. The summed E-state index contributed by atoms with van der Waals surface area (Å²) >= 11 is 0. The highest BCUT2D eigenvalue weighted by molar-refractivity contribution is 6.25. The van der Waals surface area contributed by atoms with Gasteiger partial charge in [0.1, 0.15) is 0 Å². The van der Waals surface area contributed by atoms with Crippen LogP contribution in [0, 0.1) is 0 Å². The smallest absolute Gasteiger partial charge is 0.0789 e. The van der Waals surface area contributed by atoms with Gasteiger partial charge in [-0.05, 0) is 42.5 Å². The van der Waals surface area contributed by atoms with E-state index in [9.17, 15) is 0 Å². The van der Waals surface area contributed by atoms with Crippen molar-refractivity contribution in [2.45, 2.75) is 0 Å². The van der Waals surface area contributed by atoms with Gasteiger partial charge in [-0.25, -0.2) is 0 Å². The van der Waals surface area contributed by atoms with Crippen molar-refractivity contribution in [3.8, 4) is 11.4 Å². The van der Waals surface area contributed by atoms with Crippen LogP contribution < -0.4 is 0 Å². The number of hydrogen-bond donors (Lipinski definition) is 0. The topological polar surface area (TPSA) is 14.8 Å². The van der Waals surface area contributed by atoms with Gasteiger partial charge in [-0.15, -0.1) is 0 Å². The monoisotopic (exact) mass is 511 g/mol. The molecule has 0 aliphatic rings. The average Bonchev–Trinajstić information content (AvgIpc) is 3.64. The van der Waals surface area contributed by atoms with Crippen molar-refractivity contribution < 1.29 is 0 Å². The Balaban J connectivity index is 1.58. The van der Waals surface area contributed by atoms with E-state index < -0.39 is 0 Å². The molecule has 6 aromatic carbocycles. The number of para-hydroxylation sites is 4. The number of rotatable bonds is 2. The highest BCUT2D eigenvalue weighted by Crippen LogP contribution is 2.43. The molecule has 188 valence electrons. The molecule has 0 aliphatic carbocycles. The Kier molecular flexibility index (Phi) is 4.26. The molecular formula is C37H25N3. The molecule has 9 rings (SSSR count). The lowest BCUT2D eigenvalue weighted by Gasteiger charge is -2.14. The summed E-state index contributed by atoms with van der Waals surface area (Å²) in [6.45, 7) is 0. The maximum absolute atomic E-state index is 2.51. The van der Waals surface area contributed by atoms with Gasteiger partial charge in [0.05, 0.1) is 33.3 Å². The summed E-state index contributed by atoms with van der Waals surface area (Å²) in [5, 5.41) is 7.62. The minimum atomic E-state index is 1.17. The van der Waals surface area contributed by atoms with Gasteiger partial charge in [0.25, 0.3) is 0 Å². The molecule has 0 N–H and O–H groups in total. The quantitative estimate of drug-likeness (QED) is 0.219. The molecule has 0 fully saturated rings. The number of aryl methyl sites for hydroxylation is 1. The maximum Gasteiger partial charge on any atom is 0.0789 e. The van der Waals surface area contributed by atoms with E-state index in [0.717, 1.165) is 0 Å². The van der Waals surface area contributed by atoms with E-state index in [1.54, 1.807) is 0 Å². The summed E-state index contributed by atoms with van der Waals surface area (Å²) in [5.74, 6) is 0. The normalized spacial score (nSPS) is 12.1. The van der Waals surface area contributed by atoms with E-state index in [4.69, 9.17) is 0 Å². The molecule has 3 aromatic heterocycles. The molecule has 0 aliphatic heterocycles. The van der Waals surface area contributed by atoms with E-state index in [2.05, 4.69) is 154 Å². The molecule has 0 unspecified atom stereocenters. The molecular weight excluding hydrogens is 486 g/mol. The summed E-state index contributed by atoms with van der Waals surface area (Å²) in [6, 6.07) is 48.5. The lowest BCUT2D eigenvalue weighted by Crippen LogP contribution is -1.99. The van der Waals surface area contributed by atoms with Crippen molar-refractivity contribution in [3.05, 3.63) is 133 Å². The second kappa shape index (κ2) is 7.87. The first-order chi connectivity index (χ1) is 19.8. The second-order valence-corrected chi connectivity index (χ2v) is 10.6. The molecule has 0 saturated heterocycles. The summed E-state index contributed by atoms with van der Waals surface area (Å²) in [5.41, 5.74) is 9.76. The highest BCUT2D eigenvalue weighted by atomic mass is 15.1. The molecule has 0 atom stereocenters. The Bertz CT molecular complexity index is 2430. The predicted octanol–water partition coefficient (Wildman–Crippen LogP) is 9.53. The molecule has 0 radical (unpaired) electrons. The third-order valence-corrected chi connectivity index (χ3v) is 8.64. The molecule has 3 heterocycles. The predicted molar refractivity (Wildman–Crippen MR) is 169 cm³/mol. The highest BCUT2D eigenvalue weighted by Gasteiger charge is 2.22. The lowest BCUT2D eigenvalue weighted by atomic mass is 10.1. The first-order valence-corrected chi connectivity index (χ1v) is 13.8. The van der Waals surface area contributed by atoms with Crippen LogP contribution >= 0.6 is 0 Å². The van der Waals surface area contributed by atoms with Crippen LogP contribution in [-0.2, 0) is 7.05 Å². The third kappa shape index (κ3) is 2.69. The van der Waals surface area contributed by atoms with Gasteiger partial charge in [0.2, 0.25) is 0 Å². The summed E-state index contributed by atoms with van der Waals surface area (Å²) < 4.78 is 7.28. The Hall–Kier alpha value is -5.28. The van der Waals surface area contributed by atoms with E-state index in [0.29, 0.717) is 0 Å². The van der Waals surface area contributed by atoms with Crippen LogP contribution in [0.3, 0.4) is 0 Å². The van der Waals surface area contributed by atoms with Crippen LogP contribution in [-0.4, -0.2) is 13.7 Å². The van der Waals surface area contributed by atoms with Crippen LogP contribution in [0.1, 0.15) is 0 Å². The fraction of sp³-hybridized carbons (Fsp3) is 0.0270. The van der Waals surface area contributed by atoms with E-state index in [1.165, 1.54) is 76.8 Å². The standard InChI is InChI=1S/C37H25N3/c1-38-30-17-8-7-16-29(30)35-33(38)20-11-21-34(35)40-32-19-10-6-15-26(32)28-23-22-27-25-14-5-9-18-31(25)39(36(27)37(28)40)24-12-3-2-4-13-24/h2-23H,1H3. The van der Waals surface area contributed by atoms with Gasteiger partial charge in [-0.3, -0.25) is 0 Å². The molecule has 0 saturated carbocycles. The van der Waals surface area contributed by atoms with Gasteiger partial charge < -0.3 is 13.7 Å². The first-order valence-electron chi connectivity index (χ1n) is 13.8. The summed E-state index contributed by atoms with van der Waals surface area (Å²) in [4.78, 5) is 0. The zero-order valence-electron chi connectivity index (χ0n) is 22.0. The Morgan fingerprint density at radius 1 is 0.375 bits per heavy atom. The van der Waals surface area contributed by atoms with Crippen molar-refractivity contribution in [2.24, 2.45) is 7.05 Å².